The van der Waals surface area contributed by atoms with Gasteiger partial charge < -0.3 is 20.9 Å². The van der Waals surface area contributed by atoms with Crippen LogP contribution >= 0.6 is 34.8 Å². The van der Waals surface area contributed by atoms with E-state index in [-0.39, 0.29) is 12.4 Å². The van der Waals surface area contributed by atoms with E-state index in [0.717, 1.165) is 37.8 Å². The maximum atomic E-state index is 11.8. The molecule has 164 valence electrons. The van der Waals surface area contributed by atoms with Crippen molar-refractivity contribution >= 4 is 46.5 Å². The maximum absolute atomic E-state index is 11.8. The molecule has 0 amide bonds. The highest BCUT2D eigenvalue weighted by molar-refractivity contribution is 6.35. The monoisotopic (exact) mass is 472 g/mol. The van der Waals surface area contributed by atoms with Gasteiger partial charge in [0.2, 0.25) is 0 Å². The number of unbranched alkanes of at least 4 members (excludes halogenated alkanes) is 3. The Morgan fingerprint density at radius 3 is 2.47 bits per heavy atom. The number of nitrogens with one attached hydrogen (secondary N) is 1. The van der Waals surface area contributed by atoms with E-state index in [0.29, 0.717) is 39.5 Å². The number of carbonyl (C=O) groups excluding carboxylic acids is 1. The zero-order valence-electron chi connectivity index (χ0n) is 16.7. The van der Waals surface area contributed by atoms with Gasteiger partial charge in [0.15, 0.2) is 0 Å². The quantitative estimate of drug-likeness (QED) is 0.224. The second-order valence-electron chi connectivity index (χ2n) is 7.05. The molecule has 30 heavy (non-hydrogen) atoms. The van der Waals surface area contributed by atoms with Gasteiger partial charge in [0.05, 0.1) is 29.8 Å². The predicted octanol–water partition coefficient (Wildman–Crippen LogP) is 5.20. The summed E-state index contributed by atoms with van der Waals surface area (Å²) in [6.45, 7) is 1.57. The van der Waals surface area contributed by atoms with Gasteiger partial charge in [-0.15, -0.1) is 0 Å². The summed E-state index contributed by atoms with van der Waals surface area (Å²) < 4.78 is 5.26. The summed E-state index contributed by atoms with van der Waals surface area (Å²) in [4.78, 5) is 11.8. The van der Waals surface area contributed by atoms with Crippen molar-refractivity contribution in [1.29, 1.82) is 0 Å². The zero-order chi connectivity index (χ0) is 21.9. The minimum atomic E-state index is -0.754. The van der Waals surface area contributed by atoms with Crippen molar-refractivity contribution < 1.29 is 14.6 Å². The molecule has 0 radical (unpaired) electrons. The zero-order valence-corrected chi connectivity index (χ0v) is 18.9. The van der Waals surface area contributed by atoms with E-state index in [1.165, 1.54) is 0 Å². The summed E-state index contributed by atoms with van der Waals surface area (Å²) in [6, 6.07) is 10.3. The van der Waals surface area contributed by atoms with E-state index < -0.39 is 6.10 Å². The molecule has 4 N–H and O–H groups in total. The number of anilines is 1. The van der Waals surface area contributed by atoms with Crippen LogP contribution in [-0.4, -0.2) is 30.8 Å². The second kappa shape index (κ2) is 13.0. The molecule has 0 spiro atoms. The minimum absolute atomic E-state index is 0.227. The van der Waals surface area contributed by atoms with Gasteiger partial charge in [0.1, 0.15) is 0 Å². The Hall–Kier alpha value is -1.50. The van der Waals surface area contributed by atoms with Crippen LogP contribution in [0.3, 0.4) is 0 Å². The Kier molecular flexibility index (Phi) is 10.8. The first kappa shape index (κ1) is 24.8. The number of aliphatic hydroxyl groups excluding tert-OH is 1. The van der Waals surface area contributed by atoms with Crippen molar-refractivity contribution in [3.63, 3.8) is 0 Å². The molecule has 1 atom stereocenters. The topological polar surface area (TPSA) is 84.6 Å². The number of hydrogen-bond acceptors (Lipinski definition) is 5. The molecule has 0 fully saturated rings. The fourth-order valence-electron chi connectivity index (χ4n) is 2.89. The van der Waals surface area contributed by atoms with Crippen molar-refractivity contribution in [2.24, 2.45) is 0 Å². The van der Waals surface area contributed by atoms with Crippen molar-refractivity contribution in [2.75, 3.05) is 25.4 Å². The molecule has 0 aliphatic carbocycles. The minimum Gasteiger partial charge on any atom is -0.465 e. The molecule has 0 saturated heterocycles. The fourth-order valence-corrected chi connectivity index (χ4v) is 3.49. The number of nitrogens with two attached hydrogens (primary N) is 1. The lowest BCUT2D eigenvalue weighted by molar-refractivity contribution is -0.142. The number of hydrogen-bond donors (Lipinski definition) is 3. The van der Waals surface area contributed by atoms with Crippen molar-refractivity contribution in [3.05, 3.63) is 62.6 Å². The average Bonchev–Trinajstić information content (AvgIpc) is 2.71. The molecule has 0 saturated carbocycles. The van der Waals surface area contributed by atoms with Gasteiger partial charge >= 0.3 is 5.97 Å². The van der Waals surface area contributed by atoms with Crippen LogP contribution in [0.1, 0.15) is 42.9 Å². The number of esters is 1. The molecular formula is C22H27Cl3N2O3. The number of carbonyl (C=O) groups is 1. The molecule has 2 aromatic carbocycles. The van der Waals surface area contributed by atoms with Crippen LogP contribution in [0.25, 0.3) is 0 Å². The van der Waals surface area contributed by atoms with E-state index in [1.807, 2.05) is 12.1 Å². The lowest BCUT2D eigenvalue weighted by atomic mass is 10.1. The van der Waals surface area contributed by atoms with Crippen LogP contribution in [0.5, 0.6) is 0 Å². The number of nitrogen functional groups attached to an aromatic ring is 1. The third-order valence-electron chi connectivity index (χ3n) is 4.59. The number of rotatable bonds is 12. The number of benzene rings is 2. The molecule has 1 unspecified atom stereocenters. The first-order valence-corrected chi connectivity index (χ1v) is 11.0. The van der Waals surface area contributed by atoms with Crippen LogP contribution in [0.2, 0.25) is 15.1 Å². The van der Waals surface area contributed by atoms with Crippen molar-refractivity contribution in [3.8, 4) is 0 Å². The molecule has 2 rings (SSSR count). The fraction of sp³-hybridized carbons (Fsp3) is 0.409. The van der Waals surface area contributed by atoms with Crippen LogP contribution in [-0.2, 0) is 16.0 Å². The van der Waals surface area contributed by atoms with Gasteiger partial charge in [-0.1, -0.05) is 59.8 Å². The average molecular weight is 474 g/mol. The highest BCUT2D eigenvalue weighted by Crippen LogP contribution is 2.30. The number of ether oxygens (including phenoxy) is 1. The largest absolute Gasteiger partial charge is 0.465 e. The Morgan fingerprint density at radius 2 is 1.73 bits per heavy atom. The summed E-state index contributed by atoms with van der Waals surface area (Å²) in [5.41, 5.74) is 7.53. The van der Waals surface area contributed by atoms with Gasteiger partial charge in [-0.25, -0.2) is 0 Å². The standard InChI is InChI=1S/C22H27Cl3N2O3/c23-16-7-5-15(6-8-16)11-22(29)30-10-4-2-1-3-9-27-14-21(28)17-12-19(25)20(26)13-18(17)24/h5-8,12-13,21,27-28H,1-4,9-11,14,26H2. The van der Waals surface area contributed by atoms with Gasteiger partial charge in [-0.05, 0) is 49.2 Å². The Labute approximate surface area is 192 Å². The highest BCUT2D eigenvalue weighted by Gasteiger charge is 2.13. The lowest BCUT2D eigenvalue weighted by Gasteiger charge is -2.15. The number of aliphatic hydroxyl groups is 1. The lowest BCUT2D eigenvalue weighted by Crippen LogP contribution is -2.22. The van der Waals surface area contributed by atoms with Crippen LogP contribution in [0.4, 0.5) is 5.69 Å². The molecule has 0 aliphatic heterocycles. The smallest absolute Gasteiger partial charge is 0.310 e. The second-order valence-corrected chi connectivity index (χ2v) is 8.30. The third kappa shape index (κ3) is 8.70. The third-order valence-corrected chi connectivity index (χ3v) is 5.49. The normalized spacial score (nSPS) is 12.0. The molecule has 5 nitrogen and oxygen atoms in total. The summed E-state index contributed by atoms with van der Waals surface area (Å²) in [6.07, 6.45) is 3.27. The Bertz CT molecular complexity index is 816. The summed E-state index contributed by atoms with van der Waals surface area (Å²) in [5.74, 6) is -0.227. The predicted molar refractivity (Wildman–Crippen MR) is 123 cm³/mol. The summed E-state index contributed by atoms with van der Waals surface area (Å²) in [5, 5.41) is 14.9. The van der Waals surface area contributed by atoms with E-state index in [2.05, 4.69) is 5.32 Å². The SMILES string of the molecule is Nc1cc(Cl)c(C(O)CNCCCCCCOC(=O)Cc2ccc(Cl)cc2)cc1Cl. The van der Waals surface area contributed by atoms with Crippen LogP contribution < -0.4 is 11.1 Å². The van der Waals surface area contributed by atoms with Crippen LogP contribution in [0, 0.1) is 0 Å². The van der Waals surface area contributed by atoms with E-state index in [4.69, 9.17) is 45.3 Å². The van der Waals surface area contributed by atoms with E-state index in [9.17, 15) is 9.90 Å². The van der Waals surface area contributed by atoms with E-state index >= 15 is 0 Å². The Balaban J connectivity index is 1.50. The maximum Gasteiger partial charge on any atom is 0.310 e. The molecule has 8 heteroatoms. The van der Waals surface area contributed by atoms with Gasteiger partial charge in [-0.2, -0.15) is 0 Å². The molecule has 0 heterocycles. The summed E-state index contributed by atoms with van der Waals surface area (Å²) >= 11 is 17.9. The summed E-state index contributed by atoms with van der Waals surface area (Å²) in [7, 11) is 0. The number of halogens is 3. The van der Waals surface area contributed by atoms with Crippen molar-refractivity contribution in [1.82, 2.24) is 5.32 Å². The molecule has 0 aromatic heterocycles. The highest BCUT2D eigenvalue weighted by atomic mass is 35.5. The molecule has 2 aromatic rings. The van der Waals surface area contributed by atoms with Crippen molar-refractivity contribution in [2.45, 2.75) is 38.2 Å². The molecular weight excluding hydrogens is 447 g/mol. The first-order chi connectivity index (χ1) is 14.4. The van der Waals surface area contributed by atoms with Gasteiger partial charge in [0.25, 0.3) is 0 Å². The molecule has 0 bridgehead atoms. The Morgan fingerprint density at radius 1 is 1.03 bits per heavy atom. The first-order valence-electron chi connectivity index (χ1n) is 9.90. The molecule has 0 aliphatic rings. The van der Waals surface area contributed by atoms with Crippen LogP contribution in [0.15, 0.2) is 36.4 Å². The van der Waals surface area contributed by atoms with E-state index in [1.54, 1.807) is 24.3 Å². The van der Waals surface area contributed by atoms with Gasteiger partial charge in [-0.3, -0.25) is 4.79 Å². The van der Waals surface area contributed by atoms with Gasteiger partial charge in [0, 0.05) is 22.2 Å².